The molecule has 1 aliphatic heterocycles. The molecule has 0 aliphatic carbocycles. The molecule has 0 aromatic rings. The predicted molar refractivity (Wildman–Crippen MR) is 63.9 cm³/mol. The lowest BCUT2D eigenvalue weighted by molar-refractivity contribution is 0.151. The molecule has 1 saturated heterocycles. The molecule has 0 spiro atoms. The first-order chi connectivity index (χ1) is 7.17. The summed E-state index contributed by atoms with van der Waals surface area (Å²) in [6.07, 6.45) is 2.44. The minimum atomic E-state index is 0.330. The zero-order valence-corrected chi connectivity index (χ0v) is 10.4. The Bertz CT molecular complexity index is 175. The highest BCUT2D eigenvalue weighted by Gasteiger charge is 2.24. The van der Waals surface area contributed by atoms with E-state index in [0.717, 1.165) is 25.6 Å². The van der Waals surface area contributed by atoms with Crippen LogP contribution in [0.2, 0.25) is 0 Å². The molecule has 3 nitrogen and oxygen atoms in total. The van der Waals surface area contributed by atoms with Crippen molar-refractivity contribution in [1.82, 2.24) is 4.90 Å². The first-order valence-corrected chi connectivity index (χ1v) is 6.14. The van der Waals surface area contributed by atoms with Gasteiger partial charge in [-0.2, -0.15) is 0 Å². The number of ether oxygens (including phenoxy) is 1. The molecule has 0 aromatic carbocycles. The molecule has 0 radical (unpaired) electrons. The van der Waals surface area contributed by atoms with Crippen molar-refractivity contribution in [1.29, 1.82) is 0 Å². The summed E-state index contributed by atoms with van der Waals surface area (Å²) in [5.74, 6) is 1.35. The van der Waals surface area contributed by atoms with E-state index in [9.17, 15) is 0 Å². The average Bonchev–Trinajstić information content (AvgIpc) is 2.65. The third kappa shape index (κ3) is 4.09. The molecule has 90 valence electrons. The molecule has 0 saturated carbocycles. The molecular formula is C12H26N2O. The fraction of sp³-hybridized carbons (Fsp3) is 1.00. The maximum Gasteiger partial charge on any atom is 0.0503 e. The lowest BCUT2D eigenvalue weighted by Crippen LogP contribution is -2.40. The van der Waals surface area contributed by atoms with E-state index in [-0.39, 0.29) is 0 Å². The summed E-state index contributed by atoms with van der Waals surface area (Å²) in [5, 5.41) is 0. The van der Waals surface area contributed by atoms with E-state index in [1.807, 2.05) is 0 Å². The summed E-state index contributed by atoms with van der Waals surface area (Å²) < 4.78 is 5.19. The Labute approximate surface area is 94.0 Å². The molecule has 1 fully saturated rings. The molecule has 0 bridgehead atoms. The van der Waals surface area contributed by atoms with Gasteiger partial charge in [0.05, 0.1) is 6.61 Å². The molecule has 1 heterocycles. The Kier molecular flexibility index (Phi) is 5.58. The first kappa shape index (κ1) is 12.9. The number of likely N-dealkylation sites (tertiary alicyclic amines) is 1. The second-order valence-electron chi connectivity index (χ2n) is 4.92. The Balaban J connectivity index is 2.23. The third-order valence-electron chi connectivity index (χ3n) is 3.62. The van der Waals surface area contributed by atoms with Gasteiger partial charge in [-0.05, 0) is 24.8 Å². The maximum absolute atomic E-state index is 6.15. The zero-order chi connectivity index (χ0) is 11.3. The summed E-state index contributed by atoms with van der Waals surface area (Å²) >= 11 is 0. The standard InChI is InChI=1S/C12H26N2O/c1-4-10(2)12(13)8-14-6-5-11(7-14)9-15-3/h10-12H,4-9,13H2,1-3H3. The van der Waals surface area contributed by atoms with Gasteiger partial charge in [0.1, 0.15) is 0 Å². The maximum atomic E-state index is 6.15. The van der Waals surface area contributed by atoms with Gasteiger partial charge in [-0.3, -0.25) is 0 Å². The van der Waals surface area contributed by atoms with E-state index in [4.69, 9.17) is 10.5 Å². The number of methoxy groups -OCH3 is 1. The predicted octanol–water partition coefficient (Wildman–Crippen LogP) is 1.33. The Morgan fingerprint density at radius 3 is 2.87 bits per heavy atom. The van der Waals surface area contributed by atoms with Crippen molar-refractivity contribution in [3.63, 3.8) is 0 Å². The quantitative estimate of drug-likeness (QED) is 0.725. The van der Waals surface area contributed by atoms with Crippen molar-refractivity contribution in [2.45, 2.75) is 32.7 Å². The normalized spacial score (nSPS) is 26.8. The Morgan fingerprint density at radius 2 is 2.27 bits per heavy atom. The Hall–Kier alpha value is -0.120. The minimum absolute atomic E-state index is 0.330. The van der Waals surface area contributed by atoms with Gasteiger partial charge < -0.3 is 15.4 Å². The van der Waals surface area contributed by atoms with Crippen LogP contribution in [0.3, 0.4) is 0 Å². The number of nitrogens with two attached hydrogens (primary N) is 1. The third-order valence-corrected chi connectivity index (χ3v) is 3.62. The van der Waals surface area contributed by atoms with E-state index in [0.29, 0.717) is 12.0 Å². The molecule has 15 heavy (non-hydrogen) atoms. The average molecular weight is 214 g/mol. The fourth-order valence-corrected chi connectivity index (χ4v) is 2.23. The van der Waals surface area contributed by atoms with Crippen LogP contribution < -0.4 is 5.73 Å². The smallest absolute Gasteiger partial charge is 0.0503 e. The SMILES string of the molecule is CCC(C)C(N)CN1CCC(COC)C1. The van der Waals surface area contributed by atoms with E-state index in [1.54, 1.807) is 7.11 Å². The molecule has 1 rings (SSSR count). The number of hydrogen-bond donors (Lipinski definition) is 1. The van der Waals surface area contributed by atoms with E-state index < -0.39 is 0 Å². The van der Waals surface area contributed by atoms with Crippen molar-refractivity contribution in [2.75, 3.05) is 33.4 Å². The molecule has 2 N–H and O–H groups in total. The van der Waals surface area contributed by atoms with Crippen molar-refractivity contribution < 1.29 is 4.74 Å². The highest BCUT2D eigenvalue weighted by atomic mass is 16.5. The highest BCUT2D eigenvalue weighted by molar-refractivity contribution is 4.80. The summed E-state index contributed by atoms with van der Waals surface area (Å²) in [5.41, 5.74) is 6.15. The second kappa shape index (κ2) is 6.46. The summed E-state index contributed by atoms with van der Waals surface area (Å²) in [6, 6.07) is 0.330. The van der Waals surface area contributed by atoms with Gasteiger partial charge in [0.15, 0.2) is 0 Å². The largest absolute Gasteiger partial charge is 0.384 e. The van der Waals surface area contributed by atoms with Crippen LogP contribution in [0, 0.1) is 11.8 Å². The van der Waals surface area contributed by atoms with Crippen molar-refractivity contribution in [2.24, 2.45) is 17.6 Å². The van der Waals surface area contributed by atoms with Crippen LogP contribution in [-0.2, 0) is 4.74 Å². The van der Waals surface area contributed by atoms with Crippen molar-refractivity contribution >= 4 is 0 Å². The van der Waals surface area contributed by atoms with E-state index in [1.165, 1.54) is 19.4 Å². The fourth-order valence-electron chi connectivity index (χ4n) is 2.23. The van der Waals surface area contributed by atoms with Gasteiger partial charge >= 0.3 is 0 Å². The van der Waals surface area contributed by atoms with Crippen molar-refractivity contribution in [3.8, 4) is 0 Å². The van der Waals surface area contributed by atoms with Crippen LogP contribution in [0.1, 0.15) is 26.7 Å². The summed E-state index contributed by atoms with van der Waals surface area (Å²) in [6.45, 7) is 8.76. The van der Waals surface area contributed by atoms with Crippen LogP contribution >= 0.6 is 0 Å². The highest BCUT2D eigenvalue weighted by Crippen LogP contribution is 2.17. The zero-order valence-electron chi connectivity index (χ0n) is 10.4. The first-order valence-electron chi connectivity index (χ1n) is 6.14. The topological polar surface area (TPSA) is 38.5 Å². The molecule has 0 aromatic heterocycles. The minimum Gasteiger partial charge on any atom is -0.384 e. The molecular weight excluding hydrogens is 188 g/mol. The lowest BCUT2D eigenvalue weighted by atomic mass is 10.00. The number of nitrogens with zero attached hydrogens (tertiary/aromatic N) is 1. The van der Waals surface area contributed by atoms with E-state index in [2.05, 4.69) is 18.7 Å². The van der Waals surface area contributed by atoms with Crippen molar-refractivity contribution in [3.05, 3.63) is 0 Å². The van der Waals surface area contributed by atoms with Gasteiger partial charge in [-0.15, -0.1) is 0 Å². The number of rotatable bonds is 6. The molecule has 3 heteroatoms. The summed E-state index contributed by atoms with van der Waals surface area (Å²) in [4.78, 5) is 2.49. The van der Waals surface area contributed by atoms with Gasteiger partial charge in [-0.1, -0.05) is 20.3 Å². The molecule has 0 amide bonds. The second-order valence-corrected chi connectivity index (χ2v) is 4.92. The lowest BCUT2D eigenvalue weighted by Gasteiger charge is -2.24. The van der Waals surface area contributed by atoms with Crippen LogP contribution in [0.5, 0.6) is 0 Å². The molecule has 1 aliphatic rings. The monoisotopic (exact) mass is 214 g/mol. The molecule has 3 atom stereocenters. The van der Waals surface area contributed by atoms with E-state index >= 15 is 0 Å². The van der Waals surface area contributed by atoms with Gasteiger partial charge in [0.25, 0.3) is 0 Å². The van der Waals surface area contributed by atoms with Gasteiger partial charge in [0, 0.05) is 26.2 Å². The number of hydrogen-bond acceptors (Lipinski definition) is 3. The molecule has 3 unspecified atom stereocenters. The Morgan fingerprint density at radius 1 is 1.53 bits per heavy atom. The van der Waals surface area contributed by atoms with Crippen LogP contribution in [0.25, 0.3) is 0 Å². The van der Waals surface area contributed by atoms with Gasteiger partial charge in [0.2, 0.25) is 0 Å². The van der Waals surface area contributed by atoms with Crippen LogP contribution in [0.15, 0.2) is 0 Å². The van der Waals surface area contributed by atoms with Crippen LogP contribution in [-0.4, -0.2) is 44.3 Å². The summed E-state index contributed by atoms with van der Waals surface area (Å²) in [7, 11) is 1.79. The van der Waals surface area contributed by atoms with Crippen LogP contribution in [0.4, 0.5) is 0 Å². The van der Waals surface area contributed by atoms with Gasteiger partial charge in [-0.25, -0.2) is 0 Å².